The third kappa shape index (κ3) is 2.16. The summed E-state index contributed by atoms with van der Waals surface area (Å²) in [7, 11) is 0. The number of para-hydroxylation sites is 1. The summed E-state index contributed by atoms with van der Waals surface area (Å²) >= 11 is 0. The van der Waals surface area contributed by atoms with Gasteiger partial charge in [-0.3, -0.25) is 14.2 Å². The Morgan fingerprint density at radius 3 is 2.33 bits per heavy atom. The topological polar surface area (TPSA) is 65.1 Å². The Kier molecular flexibility index (Phi) is 3.17. The van der Waals surface area contributed by atoms with E-state index in [4.69, 9.17) is 5.73 Å². The van der Waals surface area contributed by atoms with Crippen molar-refractivity contribution >= 4 is 33.5 Å². The van der Waals surface area contributed by atoms with E-state index in [0.717, 1.165) is 10.8 Å². The van der Waals surface area contributed by atoms with Crippen molar-refractivity contribution in [2.45, 2.75) is 0 Å². The maximum absolute atomic E-state index is 13.0. The first-order valence-corrected chi connectivity index (χ1v) is 7.58. The number of benzene rings is 3. The smallest absolute Gasteiger partial charge is 0.262 e. The molecule has 0 atom stereocenters. The zero-order valence-electron chi connectivity index (χ0n) is 12.8. The van der Waals surface area contributed by atoms with Crippen LogP contribution in [0.15, 0.2) is 72.9 Å². The minimum absolute atomic E-state index is 0.190. The van der Waals surface area contributed by atoms with Crippen LogP contribution in [0.25, 0.3) is 21.7 Å². The van der Waals surface area contributed by atoms with Crippen molar-refractivity contribution in [2.75, 3.05) is 0 Å². The van der Waals surface area contributed by atoms with Crippen LogP contribution < -0.4 is 5.73 Å². The summed E-state index contributed by atoms with van der Waals surface area (Å²) in [6.07, 6.45) is 1.52. The standard InChI is InChI=1S/C20H14N2O2/c21-19(23)17-12-22(18-8-4-3-7-16(17)18)20(24)15-10-9-13-5-1-2-6-14(13)11-15/h1-12H,(H2,21,23). The molecule has 116 valence electrons. The highest BCUT2D eigenvalue weighted by Gasteiger charge is 2.17. The molecule has 4 heteroatoms. The lowest BCUT2D eigenvalue weighted by Gasteiger charge is -2.05. The number of nitrogens with two attached hydrogens (primary N) is 1. The van der Waals surface area contributed by atoms with Gasteiger partial charge in [-0.1, -0.05) is 48.5 Å². The Bertz CT molecular complexity index is 1110. The van der Waals surface area contributed by atoms with Crippen LogP contribution in [-0.2, 0) is 0 Å². The van der Waals surface area contributed by atoms with E-state index in [-0.39, 0.29) is 5.91 Å². The Morgan fingerprint density at radius 2 is 1.54 bits per heavy atom. The molecule has 0 bridgehead atoms. The molecule has 0 aliphatic heterocycles. The molecule has 4 aromatic rings. The molecule has 0 aliphatic carbocycles. The highest BCUT2D eigenvalue weighted by molar-refractivity contribution is 6.11. The number of carbonyl (C=O) groups is 2. The van der Waals surface area contributed by atoms with E-state index in [1.54, 1.807) is 18.2 Å². The SMILES string of the molecule is NC(=O)c1cn(C(=O)c2ccc3ccccc3c2)c2ccccc12. The number of nitrogens with zero attached hydrogens (tertiary/aromatic N) is 1. The van der Waals surface area contributed by atoms with Crippen LogP contribution in [-0.4, -0.2) is 16.4 Å². The predicted octanol–water partition coefficient (Wildman–Crippen LogP) is 3.58. The first kappa shape index (κ1) is 14.2. The van der Waals surface area contributed by atoms with Gasteiger partial charge in [-0.2, -0.15) is 0 Å². The number of hydrogen-bond donors (Lipinski definition) is 1. The van der Waals surface area contributed by atoms with Crippen molar-refractivity contribution in [3.8, 4) is 0 Å². The number of amides is 1. The molecule has 0 saturated heterocycles. The molecule has 3 aromatic carbocycles. The molecule has 1 amide bonds. The van der Waals surface area contributed by atoms with Crippen molar-refractivity contribution in [2.24, 2.45) is 5.73 Å². The Hall–Kier alpha value is -3.40. The number of primary amides is 1. The summed E-state index contributed by atoms with van der Waals surface area (Å²) in [4.78, 5) is 24.6. The average molecular weight is 314 g/mol. The van der Waals surface area contributed by atoms with Crippen LogP contribution in [0.3, 0.4) is 0 Å². The van der Waals surface area contributed by atoms with Crippen LogP contribution in [0.4, 0.5) is 0 Å². The van der Waals surface area contributed by atoms with Crippen LogP contribution >= 0.6 is 0 Å². The molecule has 1 heterocycles. The minimum Gasteiger partial charge on any atom is -0.366 e. The van der Waals surface area contributed by atoms with Crippen LogP contribution in [0.1, 0.15) is 20.7 Å². The monoisotopic (exact) mass is 314 g/mol. The third-order valence-electron chi connectivity index (χ3n) is 4.19. The summed E-state index contributed by atoms with van der Waals surface area (Å²) in [5, 5.41) is 2.75. The van der Waals surface area contributed by atoms with Gasteiger partial charge in [0, 0.05) is 17.1 Å². The van der Waals surface area contributed by atoms with Crippen molar-refractivity contribution in [1.29, 1.82) is 0 Å². The lowest BCUT2D eigenvalue weighted by atomic mass is 10.1. The fourth-order valence-electron chi connectivity index (χ4n) is 3.01. The van der Waals surface area contributed by atoms with Crippen molar-refractivity contribution in [3.05, 3.63) is 84.1 Å². The lowest BCUT2D eigenvalue weighted by molar-refractivity contribution is 0.0965. The van der Waals surface area contributed by atoms with Gasteiger partial charge in [0.1, 0.15) is 0 Å². The first-order chi connectivity index (χ1) is 11.6. The van der Waals surface area contributed by atoms with Crippen LogP contribution in [0.2, 0.25) is 0 Å². The minimum atomic E-state index is -0.545. The number of fused-ring (bicyclic) bond motifs is 2. The average Bonchev–Trinajstić information content (AvgIpc) is 3.00. The van der Waals surface area contributed by atoms with Crippen molar-refractivity contribution in [1.82, 2.24) is 4.57 Å². The van der Waals surface area contributed by atoms with Gasteiger partial charge in [-0.05, 0) is 29.0 Å². The summed E-state index contributed by atoms with van der Waals surface area (Å²) in [6, 6.07) is 20.7. The maximum atomic E-state index is 13.0. The number of rotatable bonds is 2. The van der Waals surface area contributed by atoms with E-state index in [2.05, 4.69) is 0 Å². The molecular formula is C20H14N2O2. The Balaban J connectivity index is 1.90. The zero-order chi connectivity index (χ0) is 16.7. The molecule has 4 nitrogen and oxygen atoms in total. The van der Waals surface area contributed by atoms with Gasteiger partial charge in [-0.15, -0.1) is 0 Å². The molecule has 0 spiro atoms. The van der Waals surface area contributed by atoms with Gasteiger partial charge in [-0.25, -0.2) is 0 Å². The van der Waals surface area contributed by atoms with Gasteiger partial charge < -0.3 is 5.73 Å². The molecule has 24 heavy (non-hydrogen) atoms. The fourth-order valence-corrected chi connectivity index (χ4v) is 3.01. The molecule has 0 aliphatic rings. The second-order valence-corrected chi connectivity index (χ2v) is 5.66. The summed E-state index contributed by atoms with van der Waals surface area (Å²) < 4.78 is 1.49. The van der Waals surface area contributed by atoms with Gasteiger partial charge in [0.15, 0.2) is 0 Å². The number of carbonyl (C=O) groups excluding carboxylic acids is 2. The molecule has 0 unspecified atom stereocenters. The van der Waals surface area contributed by atoms with Gasteiger partial charge >= 0.3 is 0 Å². The second kappa shape index (κ2) is 5.35. The normalized spacial score (nSPS) is 11.0. The number of hydrogen-bond acceptors (Lipinski definition) is 2. The first-order valence-electron chi connectivity index (χ1n) is 7.58. The highest BCUT2D eigenvalue weighted by atomic mass is 16.2. The Morgan fingerprint density at radius 1 is 0.833 bits per heavy atom. The quantitative estimate of drug-likeness (QED) is 0.614. The van der Waals surface area contributed by atoms with E-state index in [9.17, 15) is 9.59 Å². The van der Waals surface area contributed by atoms with Crippen molar-refractivity contribution in [3.63, 3.8) is 0 Å². The molecule has 0 radical (unpaired) electrons. The highest BCUT2D eigenvalue weighted by Crippen LogP contribution is 2.23. The van der Waals surface area contributed by atoms with E-state index >= 15 is 0 Å². The predicted molar refractivity (Wildman–Crippen MR) is 94.1 cm³/mol. The summed E-state index contributed by atoms with van der Waals surface area (Å²) in [5.41, 5.74) is 7.02. The molecular weight excluding hydrogens is 300 g/mol. The maximum Gasteiger partial charge on any atom is 0.262 e. The van der Waals surface area contributed by atoms with Crippen LogP contribution in [0.5, 0.6) is 0 Å². The van der Waals surface area contributed by atoms with Gasteiger partial charge in [0.25, 0.3) is 11.8 Å². The largest absolute Gasteiger partial charge is 0.366 e. The van der Waals surface area contributed by atoms with E-state index in [0.29, 0.717) is 22.0 Å². The molecule has 1 aromatic heterocycles. The summed E-state index contributed by atoms with van der Waals surface area (Å²) in [5.74, 6) is -0.735. The Labute approximate surface area is 138 Å². The molecule has 2 N–H and O–H groups in total. The molecule has 0 saturated carbocycles. The number of aromatic nitrogens is 1. The molecule has 0 fully saturated rings. The third-order valence-corrected chi connectivity index (χ3v) is 4.19. The van der Waals surface area contributed by atoms with Gasteiger partial charge in [0.2, 0.25) is 0 Å². The van der Waals surface area contributed by atoms with E-state index in [1.165, 1.54) is 10.8 Å². The molecule has 4 rings (SSSR count). The second-order valence-electron chi connectivity index (χ2n) is 5.66. The van der Waals surface area contributed by atoms with Gasteiger partial charge in [0.05, 0.1) is 11.1 Å². The fraction of sp³-hybridized carbons (Fsp3) is 0. The zero-order valence-corrected chi connectivity index (χ0v) is 12.8. The summed E-state index contributed by atoms with van der Waals surface area (Å²) in [6.45, 7) is 0. The van der Waals surface area contributed by atoms with Crippen molar-refractivity contribution < 1.29 is 9.59 Å². The lowest BCUT2D eigenvalue weighted by Crippen LogP contribution is -2.12. The van der Waals surface area contributed by atoms with E-state index in [1.807, 2.05) is 48.5 Å². The van der Waals surface area contributed by atoms with E-state index < -0.39 is 5.91 Å². The van der Waals surface area contributed by atoms with Crippen LogP contribution in [0, 0.1) is 0 Å².